The van der Waals surface area contributed by atoms with E-state index in [-0.39, 0.29) is 0 Å². The zero-order valence-electron chi connectivity index (χ0n) is 11.5. The highest BCUT2D eigenvalue weighted by Crippen LogP contribution is 2.23. The van der Waals surface area contributed by atoms with E-state index in [1.54, 1.807) is 28.6 Å². The van der Waals surface area contributed by atoms with Gasteiger partial charge < -0.3 is 5.32 Å². The third kappa shape index (κ3) is 3.16. The maximum absolute atomic E-state index is 12.5. The van der Waals surface area contributed by atoms with E-state index >= 15 is 0 Å². The van der Waals surface area contributed by atoms with E-state index in [0.29, 0.717) is 29.9 Å². The molecule has 0 saturated carbocycles. The summed E-state index contributed by atoms with van der Waals surface area (Å²) in [4.78, 5) is 0.393. The van der Waals surface area contributed by atoms with Crippen molar-refractivity contribution in [2.75, 3.05) is 19.6 Å². The van der Waals surface area contributed by atoms with Gasteiger partial charge in [0.1, 0.15) is 0 Å². The van der Waals surface area contributed by atoms with Gasteiger partial charge in [0.25, 0.3) is 0 Å². The third-order valence-corrected chi connectivity index (χ3v) is 5.59. The van der Waals surface area contributed by atoms with Crippen LogP contribution in [0.15, 0.2) is 35.2 Å². The van der Waals surface area contributed by atoms with Crippen LogP contribution in [-0.4, -0.2) is 38.4 Å². The van der Waals surface area contributed by atoms with Crippen LogP contribution in [0, 0.1) is 5.92 Å². The largest absolute Gasteiger partial charge is 0.314 e. The van der Waals surface area contributed by atoms with Crippen molar-refractivity contribution in [3.8, 4) is 0 Å². The molecule has 0 spiro atoms. The van der Waals surface area contributed by atoms with Crippen LogP contribution in [0.4, 0.5) is 0 Å². The van der Waals surface area contributed by atoms with E-state index < -0.39 is 10.0 Å². The molecular formula is C14H22N2O2S. The first kappa shape index (κ1) is 14.5. The van der Waals surface area contributed by atoms with Gasteiger partial charge in [-0.1, -0.05) is 32.0 Å². The maximum atomic E-state index is 12.5. The standard InChI is InChI=1S/C14H22N2O2S/c1-3-15-14-9-10-16(11-12(14)2)19(17,18)13-7-5-4-6-8-13/h4-8,12,14-15H,3,9-11H2,1-2H3. The number of nitrogens with zero attached hydrogens (tertiary/aromatic N) is 1. The molecule has 1 aliphatic heterocycles. The lowest BCUT2D eigenvalue weighted by molar-refractivity contribution is 0.222. The number of sulfonamides is 1. The average Bonchev–Trinajstić information content (AvgIpc) is 2.42. The van der Waals surface area contributed by atoms with Crippen LogP contribution in [0.25, 0.3) is 0 Å². The van der Waals surface area contributed by atoms with E-state index in [9.17, 15) is 8.42 Å². The van der Waals surface area contributed by atoms with Crippen molar-refractivity contribution in [3.63, 3.8) is 0 Å². The summed E-state index contributed by atoms with van der Waals surface area (Å²) in [5.41, 5.74) is 0. The predicted octanol–water partition coefficient (Wildman–Crippen LogP) is 1.70. The summed E-state index contributed by atoms with van der Waals surface area (Å²) in [6.45, 7) is 6.31. The Hall–Kier alpha value is -0.910. The second kappa shape index (κ2) is 6.03. The van der Waals surface area contributed by atoms with Crippen molar-refractivity contribution in [3.05, 3.63) is 30.3 Å². The fourth-order valence-corrected chi connectivity index (χ4v) is 4.21. The molecule has 106 valence electrons. The van der Waals surface area contributed by atoms with Gasteiger partial charge in [0.15, 0.2) is 0 Å². The molecule has 0 aliphatic carbocycles. The summed E-state index contributed by atoms with van der Waals surface area (Å²) < 4.78 is 26.6. The van der Waals surface area contributed by atoms with E-state index in [1.807, 2.05) is 6.07 Å². The molecule has 1 saturated heterocycles. The molecule has 0 amide bonds. The Morgan fingerprint density at radius 3 is 2.58 bits per heavy atom. The molecule has 0 radical (unpaired) electrons. The van der Waals surface area contributed by atoms with Gasteiger partial charge in [0.05, 0.1) is 4.90 Å². The predicted molar refractivity (Wildman–Crippen MR) is 76.4 cm³/mol. The molecule has 1 fully saturated rings. The van der Waals surface area contributed by atoms with E-state index in [1.165, 1.54) is 0 Å². The molecule has 2 rings (SSSR count). The lowest BCUT2D eigenvalue weighted by Crippen LogP contribution is -2.49. The highest BCUT2D eigenvalue weighted by Gasteiger charge is 2.32. The van der Waals surface area contributed by atoms with Crippen LogP contribution in [0.2, 0.25) is 0 Å². The van der Waals surface area contributed by atoms with Crippen molar-refractivity contribution in [1.82, 2.24) is 9.62 Å². The van der Waals surface area contributed by atoms with Gasteiger partial charge in [0.2, 0.25) is 10.0 Å². The fraction of sp³-hybridized carbons (Fsp3) is 0.571. The Kier molecular flexibility index (Phi) is 4.60. The lowest BCUT2D eigenvalue weighted by Gasteiger charge is -2.36. The molecular weight excluding hydrogens is 260 g/mol. The van der Waals surface area contributed by atoms with Crippen LogP contribution in [0.3, 0.4) is 0 Å². The van der Waals surface area contributed by atoms with Crippen LogP contribution in [-0.2, 0) is 10.0 Å². The first-order valence-electron chi connectivity index (χ1n) is 6.84. The minimum absolute atomic E-state index is 0.340. The Morgan fingerprint density at radius 2 is 2.00 bits per heavy atom. The molecule has 0 bridgehead atoms. The lowest BCUT2D eigenvalue weighted by atomic mass is 9.95. The number of hydrogen-bond donors (Lipinski definition) is 1. The first-order valence-corrected chi connectivity index (χ1v) is 8.28. The van der Waals surface area contributed by atoms with Gasteiger partial charge in [0, 0.05) is 19.1 Å². The maximum Gasteiger partial charge on any atom is 0.243 e. The van der Waals surface area contributed by atoms with Crippen LogP contribution in [0.1, 0.15) is 20.3 Å². The Labute approximate surface area is 115 Å². The van der Waals surface area contributed by atoms with Crippen LogP contribution < -0.4 is 5.32 Å². The molecule has 1 aliphatic rings. The molecule has 1 aromatic carbocycles. The topological polar surface area (TPSA) is 49.4 Å². The molecule has 19 heavy (non-hydrogen) atoms. The van der Waals surface area contributed by atoms with Gasteiger partial charge in [-0.15, -0.1) is 0 Å². The van der Waals surface area contributed by atoms with Crippen molar-refractivity contribution in [2.24, 2.45) is 5.92 Å². The minimum atomic E-state index is -3.33. The molecule has 5 heteroatoms. The van der Waals surface area contributed by atoms with Crippen LogP contribution >= 0.6 is 0 Å². The number of rotatable bonds is 4. The second-order valence-electron chi connectivity index (χ2n) is 5.11. The summed E-state index contributed by atoms with van der Waals surface area (Å²) in [6, 6.07) is 9.11. The van der Waals surface area contributed by atoms with E-state index in [0.717, 1.165) is 13.0 Å². The van der Waals surface area contributed by atoms with Gasteiger partial charge in [-0.3, -0.25) is 0 Å². The third-order valence-electron chi connectivity index (χ3n) is 3.72. The Morgan fingerprint density at radius 1 is 1.32 bits per heavy atom. The minimum Gasteiger partial charge on any atom is -0.314 e. The number of piperidine rings is 1. The van der Waals surface area contributed by atoms with E-state index in [2.05, 4.69) is 19.2 Å². The Bertz CT molecular complexity index is 501. The SMILES string of the molecule is CCNC1CCN(S(=O)(=O)c2ccccc2)CC1C. The molecule has 4 nitrogen and oxygen atoms in total. The van der Waals surface area contributed by atoms with Gasteiger partial charge in [-0.05, 0) is 31.0 Å². The van der Waals surface area contributed by atoms with Crippen molar-refractivity contribution in [1.29, 1.82) is 0 Å². The Balaban J connectivity index is 2.12. The summed E-state index contributed by atoms with van der Waals surface area (Å²) in [5, 5.41) is 3.42. The first-order chi connectivity index (χ1) is 9.05. The van der Waals surface area contributed by atoms with E-state index in [4.69, 9.17) is 0 Å². The molecule has 2 unspecified atom stereocenters. The molecule has 1 aromatic rings. The van der Waals surface area contributed by atoms with Gasteiger partial charge in [-0.2, -0.15) is 4.31 Å². The van der Waals surface area contributed by atoms with Gasteiger partial charge in [-0.25, -0.2) is 8.42 Å². The summed E-state index contributed by atoms with van der Waals surface area (Å²) in [7, 11) is -3.33. The normalized spacial score (nSPS) is 25.4. The monoisotopic (exact) mass is 282 g/mol. The van der Waals surface area contributed by atoms with Crippen LogP contribution in [0.5, 0.6) is 0 Å². The van der Waals surface area contributed by atoms with Crippen molar-refractivity contribution in [2.45, 2.75) is 31.2 Å². The number of nitrogens with one attached hydrogen (secondary N) is 1. The van der Waals surface area contributed by atoms with Crippen molar-refractivity contribution >= 4 is 10.0 Å². The smallest absolute Gasteiger partial charge is 0.243 e. The number of hydrogen-bond acceptors (Lipinski definition) is 3. The summed E-state index contributed by atoms with van der Waals surface area (Å²) in [5.74, 6) is 0.340. The molecule has 1 heterocycles. The van der Waals surface area contributed by atoms with Crippen molar-refractivity contribution < 1.29 is 8.42 Å². The second-order valence-corrected chi connectivity index (χ2v) is 7.04. The summed E-state index contributed by atoms with van der Waals surface area (Å²) in [6.07, 6.45) is 0.876. The average molecular weight is 282 g/mol. The summed E-state index contributed by atoms with van der Waals surface area (Å²) >= 11 is 0. The quantitative estimate of drug-likeness (QED) is 0.914. The molecule has 0 aromatic heterocycles. The number of benzene rings is 1. The highest BCUT2D eigenvalue weighted by atomic mass is 32.2. The fourth-order valence-electron chi connectivity index (χ4n) is 2.63. The zero-order chi connectivity index (χ0) is 13.9. The molecule has 2 atom stereocenters. The van der Waals surface area contributed by atoms with Gasteiger partial charge >= 0.3 is 0 Å². The highest BCUT2D eigenvalue weighted by molar-refractivity contribution is 7.89. The molecule has 1 N–H and O–H groups in total. The zero-order valence-corrected chi connectivity index (χ0v) is 12.4.